The van der Waals surface area contributed by atoms with E-state index in [-0.39, 0.29) is 11.3 Å². The molecule has 1 aliphatic heterocycles. The molecular weight excluding hydrogens is 228 g/mol. The third kappa shape index (κ3) is 2.21. The molecule has 0 saturated carbocycles. The predicted octanol–water partition coefficient (Wildman–Crippen LogP) is 2.07. The minimum atomic E-state index is -0.0885. The molecule has 0 N–H and O–H groups in total. The molecule has 1 saturated heterocycles. The molecule has 88 valence electrons. The molecule has 2 atom stereocenters. The molecule has 1 aromatic rings. The Balaban J connectivity index is 2.06. The number of carbonyl (C=O) groups excluding carboxylic acids is 1. The summed E-state index contributed by atoms with van der Waals surface area (Å²) in [6.07, 6.45) is 0.941. The van der Waals surface area contributed by atoms with Crippen LogP contribution in [0.3, 0.4) is 0 Å². The Morgan fingerprint density at radius 2 is 2.44 bits per heavy atom. The smallest absolute Gasteiger partial charge is 0.276 e. The molecule has 2 heterocycles. The Morgan fingerprint density at radius 1 is 1.69 bits per heavy atom. The van der Waals surface area contributed by atoms with Crippen molar-refractivity contribution in [2.24, 2.45) is 5.92 Å². The third-order valence-corrected chi connectivity index (χ3v) is 3.57. The normalized spacial score (nSPS) is 25.8. The highest BCUT2D eigenvalue weighted by molar-refractivity contribution is 6.21. The zero-order valence-corrected chi connectivity index (χ0v) is 10.2. The van der Waals surface area contributed by atoms with Crippen molar-refractivity contribution in [3.8, 4) is 0 Å². The van der Waals surface area contributed by atoms with Crippen LogP contribution in [0.4, 0.5) is 0 Å². The zero-order valence-electron chi connectivity index (χ0n) is 9.44. The van der Waals surface area contributed by atoms with Gasteiger partial charge < -0.3 is 9.42 Å². The number of rotatable bonds is 1. The Hall–Kier alpha value is -1.03. The number of likely N-dealkylation sites (tertiary alicyclic amines) is 1. The number of aromatic nitrogens is 1. The minimum Gasteiger partial charge on any atom is -0.361 e. The molecule has 5 heteroatoms. The maximum Gasteiger partial charge on any atom is 0.276 e. The summed E-state index contributed by atoms with van der Waals surface area (Å²) in [5.74, 6) is 1.02. The molecule has 1 aliphatic rings. The lowest BCUT2D eigenvalue weighted by atomic mass is 9.98. The Kier molecular flexibility index (Phi) is 3.19. The number of carbonyl (C=O) groups is 1. The number of halogens is 1. The van der Waals surface area contributed by atoms with E-state index in [2.05, 4.69) is 12.1 Å². The predicted molar refractivity (Wildman–Crippen MR) is 60.6 cm³/mol. The molecular formula is C11H15ClN2O2. The summed E-state index contributed by atoms with van der Waals surface area (Å²) in [4.78, 5) is 13.8. The van der Waals surface area contributed by atoms with Crippen molar-refractivity contribution in [2.75, 3.05) is 13.1 Å². The number of aryl methyl sites for hydroxylation is 1. The SMILES string of the molecule is Cc1cc(C(=O)N2CCC(C)C(Cl)C2)no1. The van der Waals surface area contributed by atoms with Gasteiger partial charge in [0.2, 0.25) is 0 Å². The van der Waals surface area contributed by atoms with Crippen LogP contribution in [0.5, 0.6) is 0 Å². The molecule has 4 nitrogen and oxygen atoms in total. The molecule has 16 heavy (non-hydrogen) atoms. The fraction of sp³-hybridized carbons (Fsp3) is 0.636. The topological polar surface area (TPSA) is 46.3 Å². The van der Waals surface area contributed by atoms with Gasteiger partial charge in [-0.05, 0) is 19.3 Å². The van der Waals surface area contributed by atoms with Gasteiger partial charge in [-0.1, -0.05) is 12.1 Å². The summed E-state index contributed by atoms with van der Waals surface area (Å²) in [7, 11) is 0. The summed E-state index contributed by atoms with van der Waals surface area (Å²) in [6.45, 7) is 5.22. The maximum absolute atomic E-state index is 12.0. The molecule has 0 bridgehead atoms. The lowest BCUT2D eigenvalue weighted by Crippen LogP contribution is -2.43. The average molecular weight is 243 g/mol. The lowest BCUT2D eigenvalue weighted by molar-refractivity contribution is 0.0691. The van der Waals surface area contributed by atoms with Gasteiger partial charge in [0, 0.05) is 19.2 Å². The van der Waals surface area contributed by atoms with Gasteiger partial charge in [0.05, 0.1) is 5.38 Å². The molecule has 0 aliphatic carbocycles. The highest BCUT2D eigenvalue weighted by Gasteiger charge is 2.29. The van der Waals surface area contributed by atoms with Gasteiger partial charge in [-0.2, -0.15) is 0 Å². The van der Waals surface area contributed by atoms with Crippen molar-refractivity contribution in [1.82, 2.24) is 10.1 Å². The second kappa shape index (κ2) is 4.45. The van der Waals surface area contributed by atoms with E-state index in [0.29, 0.717) is 23.9 Å². The van der Waals surface area contributed by atoms with Crippen molar-refractivity contribution in [3.05, 3.63) is 17.5 Å². The molecule has 2 unspecified atom stereocenters. The molecule has 1 amide bonds. The minimum absolute atomic E-state index is 0.0331. The molecule has 1 fully saturated rings. The van der Waals surface area contributed by atoms with E-state index in [9.17, 15) is 4.79 Å². The fourth-order valence-corrected chi connectivity index (χ4v) is 2.13. The van der Waals surface area contributed by atoms with E-state index in [1.165, 1.54) is 0 Å². The van der Waals surface area contributed by atoms with Gasteiger partial charge in [-0.3, -0.25) is 4.79 Å². The maximum atomic E-state index is 12.0. The molecule has 1 aromatic heterocycles. The zero-order chi connectivity index (χ0) is 11.7. The van der Waals surface area contributed by atoms with Gasteiger partial charge in [-0.15, -0.1) is 11.6 Å². The van der Waals surface area contributed by atoms with Gasteiger partial charge >= 0.3 is 0 Å². The summed E-state index contributed by atoms with van der Waals surface area (Å²) in [6, 6.07) is 1.66. The van der Waals surface area contributed by atoms with Crippen LogP contribution in [-0.4, -0.2) is 34.4 Å². The summed E-state index contributed by atoms with van der Waals surface area (Å²) < 4.78 is 4.89. The van der Waals surface area contributed by atoms with Crippen LogP contribution < -0.4 is 0 Å². The van der Waals surface area contributed by atoms with Gasteiger partial charge in [0.1, 0.15) is 5.76 Å². The van der Waals surface area contributed by atoms with E-state index in [1.54, 1.807) is 17.9 Å². The summed E-state index contributed by atoms with van der Waals surface area (Å²) in [5.41, 5.74) is 0.371. The summed E-state index contributed by atoms with van der Waals surface area (Å²) in [5, 5.41) is 3.76. The lowest BCUT2D eigenvalue weighted by Gasteiger charge is -2.33. The van der Waals surface area contributed by atoms with Crippen LogP contribution in [0.1, 0.15) is 29.6 Å². The van der Waals surface area contributed by atoms with E-state index in [1.807, 2.05) is 0 Å². The van der Waals surface area contributed by atoms with Gasteiger partial charge in [0.15, 0.2) is 5.69 Å². The first kappa shape index (κ1) is 11.5. The molecule has 0 radical (unpaired) electrons. The van der Waals surface area contributed by atoms with Crippen molar-refractivity contribution >= 4 is 17.5 Å². The number of piperidine rings is 1. The van der Waals surface area contributed by atoms with Crippen LogP contribution in [0.25, 0.3) is 0 Å². The Morgan fingerprint density at radius 3 is 3.00 bits per heavy atom. The first-order chi connectivity index (χ1) is 7.58. The Labute approximate surface area is 99.5 Å². The number of hydrogen-bond acceptors (Lipinski definition) is 3. The van der Waals surface area contributed by atoms with E-state index < -0.39 is 0 Å². The molecule has 0 spiro atoms. The molecule has 0 aromatic carbocycles. The second-order valence-corrected chi connectivity index (χ2v) is 4.92. The summed E-state index contributed by atoms with van der Waals surface area (Å²) >= 11 is 6.16. The average Bonchev–Trinajstić information content (AvgIpc) is 2.68. The van der Waals surface area contributed by atoms with Crippen molar-refractivity contribution in [3.63, 3.8) is 0 Å². The number of hydrogen-bond donors (Lipinski definition) is 0. The largest absolute Gasteiger partial charge is 0.361 e. The van der Waals surface area contributed by atoms with E-state index >= 15 is 0 Å². The monoisotopic (exact) mass is 242 g/mol. The third-order valence-electron chi connectivity index (χ3n) is 3.00. The number of nitrogens with zero attached hydrogens (tertiary/aromatic N) is 2. The highest BCUT2D eigenvalue weighted by atomic mass is 35.5. The molecule has 2 rings (SSSR count). The first-order valence-electron chi connectivity index (χ1n) is 5.44. The van der Waals surface area contributed by atoms with Crippen LogP contribution in [0.2, 0.25) is 0 Å². The quantitative estimate of drug-likeness (QED) is 0.709. The van der Waals surface area contributed by atoms with Gasteiger partial charge in [0.25, 0.3) is 5.91 Å². The van der Waals surface area contributed by atoms with Crippen LogP contribution in [-0.2, 0) is 0 Å². The van der Waals surface area contributed by atoms with Gasteiger partial charge in [-0.25, -0.2) is 0 Å². The second-order valence-electron chi connectivity index (χ2n) is 4.36. The van der Waals surface area contributed by atoms with Crippen LogP contribution >= 0.6 is 11.6 Å². The fourth-order valence-electron chi connectivity index (χ4n) is 1.84. The van der Waals surface area contributed by atoms with Crippen LogP contribution in [0.15, 0.2) is 10.6 Å². The van der Waals surface area contributed by atoms with Crippen molar-refractivity contribution in [2.45, 2.75) is 25.6 Å². The Bertz CT molecular complexity index is 391. The first-order valence-corrected chi connectivity index (χ1v) is 5.88. The van der Waals surface area contributed by atoms with Crippen molar-refractivity contribution in [1.29, 1.82) is 0 Å². The number of amides is 1. The highest BCUT2D eigenvalue weighted by Crippen LogP contribution is 2.22. The number of alkyl halides is 1. The standard InChI is InChI=1S/C11H15ClN2O2/c1-7-3-4-14(6-9(7)12)11(15)10-5-8(2)16-13-10/h5,7,9H,3-4,6H2,1-2H3. The van der Waals surface area contributed by atoms with Crippen molar-refractivity contribution < 1.29 is 9.32 Å². The van der Waals surface area contributed by atoms with E-state index in [4.69, 9.17) is 16.1 Å². The van der Waals surface area contributed by atoms with E-state index in [0.717, 1.165) is 13.0 Å². The van der Waals surface area contributed by atoms with Crippen LogP contribution in [0, 0.1) is 12.8 Å².